The second kappa shape index (κ2) is 5.35. The first-order chi connectivity index (χ1) is 8.15. The van der Waals surface area contributed by atoms with E-state index in [-0.39, 0.29) is 38.0 Å². The number of carbonyl (C=O) groups excluding carboxylic acids is 1. The quantitative estimate of drug-likeness (QED) is 0.520. The summed E-state index contributed by atoms with van der Waals surface area (Å²) in [7, 11) is 1.32. The Bertz CT molecular complexity index is 286. The molecule has 96 valence electrons. The van der Waals surface area contributed by atoms with Gasteiger partial charge in [0.15, 0.2) is 6.29 Å². The number of fused-ring (bicyclic) bond motifs is 1. The maximum atomic E-state index is 10.8. The lowest BCUT2D eigenvalue weighted by molar-refractivity contribution is -0.164. The van der Waals surface area contributed by atoms with Crippen molar-refractivity contribution in [1.29, 1.82) is 0 Å². The average molecular weight is 244 g/mol. The minimum Gasteiger partial charge on any atom is -0.463 e. The molecule has 0 unspecified atom stereocenters. The number of hydrogen-bond acceptors (Lipinski definition) is 6. The molecule has 2 fully saturated rings. The molecule has 2 rings (SSSR count). The maximum Gasteiger partial charge on any atom is 0.457 e. The molecule has 0 aliphatic carbocycles. The standard InChI is InChI=1S/C10H17BO6/c1-4-11-16-8-7(5-14-6(2)12)15-10(13-3)9(8)17-11/h7-10H,4-5H2,1-3H3/t7-,8+,9+,10+/m1/s1. The highest BCUT2D eigenvalue weighted by atomic mass is 16.8. The lowest BCUT2D eigenvalue weighted by atomic mass is 9.87. The number of hydrogen-bond donors (Lipinski definition) is 0. The summed E-state index contributed by atoms with van der Waals surface area (Å²) in [5.41, 5.74) is 0. The van der Waals surface area contributed by atoms with Gasteiger partial charge >= 0.3 is 13.1 Å². The highest BCUT2D eigenvalue weighted by molar-refractivity contribution is 6.45. The highest BCUT2D eigenvalue weighted by Crippen LogP contribution is 2.33. The van der Waals surface area contributed by atoms with E-state index in [1.807, 2.05) is 6.92 Å². The molecule has 2 aliphatic rings. The minimum absolute atomic E-state index is 0.163. The molecule has 17 heavy (non-hydrogen) atoms. The molecular formula is C10H17BO6. The highest BCUT2D eigenvalue weighted by Gasteiger charge is 2.53. The molecule has 2 aliphatic heterocycles. The summed E-state index contributed by atoms with van der Waals surface area (Å²) in [6.07, 6.45) is -0.499. The molecule has 0 amide bonds. The second-order valence-corrected chi connectivity index (χ2v) is 4.12. The number of carbonyl (C=O) groups is 1. The molecule has 2 heterocycles. The Morgan fingerprint density at radius 3 is 2.65 bits per heavy atom. The SMILES string of the molecule is CCB1O[C@@H]2[C@@H](OC)O[C@H](COC(C)=O)[C@@H]2O1. The summed E-state index contributed by atoms with van der Waals surface area (Å²) in [6.45, 7) is 3.51. The van der Waals surface area contributed by atoms with Crippen molar-refractivity contribution in [3.8, 4) is 0 Å². The lowest BCUT2D eigenvalue weighted by Crippen LogP contribution is -2.33. The Balaban J connectivity index is 1.97. The fraction of sp³-hybridized carbons (Fsp3) is 0.900. The van der Waals surface area contributed by atoms with Gasteiger partial charge in [0.2, 0.25) is 0 Å². The monoisotopic (exact) mass is 244 g/mol. The molecule has 0 N–H and O–H groups in total. The van der Waals surface area contributed by atoms with Crippen molar-refractivity contribution < 1.29 is 28.3 Å². The zero-order valence-corrected chi connectivity index (χ0v) is 10.3. The Morgan fingerprint density at radius 1 is 1.35 bits per heavy atom. The van der Waals surface area contributed by atoms with Crippen molar-refractivity contribution in [2.45, 2.75) is 44.8 Å². The third kappa shape index (κ3) is 2.62. The van der Waals surface area contributed by atoms with Crippen LogP contribution in [0.3, 0.4) is 0 Å². The first-order valence-electron chi connectivity index (χ1n) is 5.78. The summed E-state index contributed by atoms with van der Waals surface area (Å²) in [5.74, 6) is -0.336. The predicted molar refractivity (Wildman–Crippen MR) is 58.3 cm³/mol. The van der Waals surface area contributed by atoms with Crippen LogP contribution < -0.4 is 0 Å². The van der Waals surface area contributed by atoms with Gasteiger partial charge in [-0.2, -0.15) is 0 Å². The first kappa shape index (κ1) is 12.8. The van der Waals surface area contributed by atoms with Crippen molar-refractivity contribution in [2.24, 2.45) is 0 Å². The van der Waals surface area contributed by atoms with Crippen LogP contribution in [0.1, 0.15) is 13.8 Å². The molecule has 2 saturated heterocycles. The number of esters is 1. The van der Waals surface area contributed by atoms with E-state index in [2.05, 4.69) is 0 Å². The first-order valence-corrected chi connectivity index (χ1v) is 5.78. The molecular weight excluding hydrogens is 227 g/mol. The maximum absolute atomic E-state index is 10.8. The van der Waals surface area contributed by atoms with E-state index < -0.39 is 6.29 Å². The van der Waals surface area contributed by atoms with Crippen molar-refractivity contribution in [3.63, 3.8) is 0 Å². The van der Waals surface area contributed by atoms with Crippen molar-refractivity contribution in [2.75, 3.05) is 13.7 Å². The Morgan fingerprint density at radius 2 is 2.06 bits per heavy atom. The van der Waals surface area contributed by atoms with Gasteiger partial charge in [0.25, 0.3) is 0 Å². The van der Waals surface area contributed by atoms with Crippen LogP contribution >= 0.6 is 0 Å². The summed E-state index contributed by atoms with van der Waals surface area (Å²) >= 11 is 0. The topological polar surface area (TPSA) is 63.2 Å². The predicted octanol–water partition coefficient (Wildman–Crippen LogP) is 0.213. The van der Waals surface area contributed by atoms with E-state index >= 15 is 0 Å². The number of methoxy groups -OCH3 is 1. The van der Waals surface area contributed by atoms with Crippen LogP contribution in [0.15, 0.2) is 0 Å². The van der Waals surface area contributed by atoms with Gasteiger partial charge in [0.05, 0.1) is 0 Å². The minimum atomic E-state index is -0.461. The molecule has 0 aromatic heterocycles. The van der Waals surface area contributed by atoms with Crippen LogP contribution in [0, 0.1) is 0 Å². The van der Waals surface area contributed by atoms with Crippen LogP contribution in [0.5, 0.6) is 0 Å². The lowest BCUT2D eigenvalue weighted by Gasteiger charge is -2.17. The van der Waals surface area contributed by atoms with Gasteiger partial charge < -0.3 is 23.5 Å². The molecule has 6 nitrogen and oxygen atoms in total. The number of ether oxygens (including phenoxy) is 3. The van der Waals surface area contributed by atoms with E-state index in [1.54, 1.807) is 7.11 Å². The summed E-state index contributed by atoms with van der Waals surface area (Å²) in [5, 5.41) is 0. The smallest absolute Gasteiger partial charge is 0.457 e. The van der Waals surface area contributed by atoms with Crippen LogP contribution in [-0.4, -0.2) is 51.4 Å². The molecule has 0 saturated carbocycles. The fourth-order valence-electron chi connectivity index (χ4n) is 2.10. The average Bonchev–Trinajstić information content (AvgIpc) is 2.84. The van der Waals surface area contributed by atoms with E-state index in [1.165, 1.54) is 6.92 Å². The third-order valence-electron chi connectivity index (χ3n) is 2.90. The van der Waals surface area contributed by atoms with Crippen molar-refractivity contribution in [1.82, 2.24) is 0 Å². The molecule has 4 atom stereocenters. The van der Waals surface area contributed by atoms with Crippen LogP contribution in [0.25, 0.3) is 0 Å². The molecule has 0 aromatic carbocycles. The van der Waals surface area contributed by atoms with E-state index in [4.69, 9.17) is 23.5 Å². The Kier molecular flexibility index (Phi) is 4.03. The van der Waals surface area contributed by atoms with Gasteiger partial charge in [0, 0.05) is 14.0 Å². The molecule has 0 spiro atoms. The summed E-state index contributed by atoms with van der Waals surface area (Å²) in [4.78, 5) is 10.8. The molecule has 0 radical (unpaired) electrons. The largest absolute Gasteiger partial charge is 0.463 e. The Labute approximate surface area is 101 Å². The van der Waals surface area contributed by atoms with E-state index in [0.717, 1.165) is 6.32 Å². The van der Waals surface area contributed by atoms with Crippen LogP contribution in [-0.2, 0) is 28.3 Å². The normalized spacial score (nSPS) is 36.1. The molecule has 0 bridgehead atoms. The fourth-order valence-corrected chi connectivity index (χ4v) is 2.10. The molecule has 0 aromatic rings. The van der Waals surface area contributed by atoms with Crippen LogP contribution in [0.4, 0.5) is 0 Å². The second-order valence-electron chi connectivity index (χ2n) is 4.12. The van der Waals surface area contributed by atoms with Crippen molar-refractivity contribution >= 4 is 13.1 Å². The summed E-state index contributed by atoms with van der Waals surface area (Å²) < 4.78 is 27.1. The van der Waals surface area contributed by atoms with Gasteiger partial charge in [-0.05, 0) is 6.32 Å². The zero-order chi connectivity index (χ0) is 12.4. The van der Waals surface area contributed by atoms with Gasteiger partial charge in [-0.15, -0.1) is 0 Å². The van der Waals surface area contributed by atoms with Gasteiger partial charge in [-0.3, -0.25) is 4.79 Å². The van der Waals surface area contributed by atoms with Crippen LogP contribution in [0.2, 0.25) is 6.32 Å². The Hall–Kier alpha value is -0.625. The van der Waals surface area contributed by atoms with E-state index in [9.17, 15) is 4.79 Å². The van der Waals surface area contributed by atoms with Crippen molar-refractivity contribution in [3.05, 3.63) is 0 Å². The number of rotatable bonds is 4. The van der Waals surface area contributed by atoms with Gasteiger partial charge in [0.1, 0.15) is 24.9 Å². The zero-order valence-electron chi connectivity index (χ0n) is 10.3. The van der Waals surface area contributed by atoms with Gasteiger partial charge in [-0.1, -0.05) is 6.92 Å². The van der Waals surface area contributed by atoms with E-state index in [0.29, 0.717) is 0 Å². The molecule has 7 heteroatoms. The third-order valence-corrected chi connectivity index (χ3v) is 2.90. The summed E-state index contributed by atoms with van der Waals surface area (Å²) in [6, 6.07) is 0. The van der Waals surface area contributed by atoms with Gasteiger partial charge in [-0.25, -0.2) is 0 Å².